The van der Waals surface area contributed by atoms with Gasteiger partial charge in [0.1, 0.15) is 6.61 Å². The van der Waals surface area contributed by atoms with Crippen LogP contribution in [0.3, 0.4) is 0 Å². The molecule has 8 nitrogen and oxygen atoms in total. The molecular formula is C9H11N3O5. The van der Waals surface area contributed by atoms with E-state index in [1.807, 2.05) is 9.97 Å². The molecule has 1 aromatic heterocycles. The second-order valence-electron chi connectivity index (χ2n) is 3.26. The summed E-state index contributed by atoms with van der Waals surface area (Å²) in [4.78, 5) is 47.9. The molecule has 1 rings (SSSR count). The van der Waals surface area contributed by atoms with Crippen molar-refractivity contribution in [1.29, 1.82) is 0 Å². The van der Waals surface area contributed by atoms with Crippen LogP contribution in [0.1, 0.15) is 6.92 Å². The van der Waals surface area contributed by atoms with Gasteiger partial charge in [-0.05, 0) is 6.92 Å². The normalized spacial score (nSPS) is 9.94. The van der Waals surface area contributed by atoms with Gasteiger partial charge in [0.2, 0.25) is 0 Å². The molecule has 0 aliphatic heterocycles. The Kier molecular flexibility index (Phi) is 3.81. The van der Waals surface area contributed by atoms with Crippen LogP contribution in [0.25, 0.3) is 0 Å². The van der Waals surface area contributed by atoms with Gasteiger partial charge in [-0.15, -0.1) is 0 Å². The first-order valence-electron chi connectivity index (χ1n) is 4.68. The molecule has 0 bridgehead atoms. The van der Waals surface area contributed by atoms with Crippen molar-refractivity contribution in [2.75, 3.05) is 6.61 Å². The number of H-pyrrole nitrogens is 2. The summed E-state index contributed by atoms with van der Waals surface area (Å²) in [6.45, 7) is 4.53. The van der Waals surface area contributed by atoms with Crippen molar-refractivity contribution in [3.63, 3.8) is 0 Å². The Balaban J connectivity index is 2.75. The topological polar surface area (TPSA) is 114 Å². The maximum Gasteiger partial charge on any atom is 0.333 e. The fraction of sp³-hybridized carbons (Fsp3) is 0.333. The quantitative estimate of drug-likeness (QED) is 0.484. The third-order valence-electron chi connectivity index (χ3n) is 1.83. The molecule has 0 atom stereocenters. The number of rotatable bonds is 4. The fourth-order valence-corrected chi connectivity index (χ4v) is 1.01. The van der Waals surface area contributed by atoms with E-state index in [1.54, 1.807) is 0 Å². The smallest absolute Gasteiger partial charge is 0.333 e. The summed E-state index contributed by atoms with van der Waals surface area (Å²) in [6.07, 6.45) is 0. The van der Waals surface area contributed by atoms with E-state index in [0.29, 0.717) is 4.57 Å². The van der Waals surface area contributed by atoms with E-state index < -0.39 is 23.0 Å². The second kappa shape index (κ2) is 5.10. The van der Waals surface area contributed by atoms with Crippen LogP contribution < -0.4 is 17.1 Å². The zero-order valence-electron chi connectivity index (χ0n) is 9.11. The Morgan fingerprint density at radius 1 is 1.29 bits per heavy atom. The highest BCUT2D eigenvalue weighted by atomic mass is 16.5. The summed E-state index contributed by atoms with van der Waals surface area (Å²) in [5, 5.41) is 0. The molecule has 1 aromatic rings. The number of aromatic amines is 2. The molecule has 8 heteroatoms. The van der Waals surface area contributed by atoms with Crippen LogP contribution in [0.15, 0.2) is 26.5 Å². The zero-order valence-corrected chi connectivity index (χ0v) is 9.11. The van der Waals surface area contributed by atoms with E-state index in [9.17, 15) is 19.2 Å². The van der Waals surface area contributed by atoms with Crippen molar-refractivity contribution in [2.24, 2.45) is 0 Å². The SMILES string of the molecule is C=C(C)C(=O)OCCn1c(=O)[nH]c(=O)[nH]c1=O. The van der Waals surface area contributed by atoms with Crippen molar-refractivity contribution in [1.82, 2.24) is 14.5 Å². The number of esters is 1. The molecule has 0 aliphatic carbocycles. The van der Waals surface area contributed by atoms with E-state index in [0.717, 1.165) is 0 Å². The van der Waals surface area contributed by atoms with Crippen molar-refractivity contribution in [2.45, 2.75) is 13.5 Å². The summed E-state index contributed by atoms with van der Waals surface area (Å²) >= 11 is 0. The first-order valence-corrected chi connectivity index (χ1v) is 4.68. The number of hydrogen-bond donors (Lipinski definition) is 2. The lowest BCUT2D eigenvalue weighted by Gasteiger charge is -2.04. The number of carbonyl (C=O) groups is 1. The van der Waals surface area contributed by atoms with E-state index in [4.69, 9.17) is 4.74 Å². The van der Waals surface area contributed by atoms with Gasteiger partial charge in [0.25, 0.3) is 0 Å². The predicted octanol–water partition coefficient (Wildman–Crippen LogP) is -1.66. The van der Waals surface area contributed by atoms with Gasteiger partial charge in [-0.3, -0.25) is 9.97 Å². The molecule has 0 aliphatic rings. The Hall–Kier alpha value is -2.38. The molecule has 0 saturated heterocycles. The minimum atomic E-state index is -0.879. The number of nitrogens with one attached hydrogen (secondary N) is 2. The number of carbonyl (C=O) groups excluding carboxylic acids is 1. The van der Waals surface area contributed by atoms with Gasteiger partial charge in [-0.1, -0.05) is 6.58 Å². The molecule has 1 heterocycles. The highest BCUT2D eigenvalue weighted by Crippen LogP contribution is 1.91. The van der Waals surface area contributed by atoms with Crippen LogP contribution >= 0.6 is 0 Å². The average molecular weight is 241 g/mol. The standard InChI is InChI=1S/C9H11N3O5/c1-5(2)6(13)17-4-3-12-8(15)10-7(14)11-9(12)16/h1,3-4H2,2H3,(H2,10,11,14,15,16). The van der Waals surface area contributed by atoms with Crippen LogP contribution in [0, 0.1) is 0 Å². The largest absolute Gasteiger partial charge is 0.460 e. The van der Waals surface area contributed by atoms with Crippen LogP contribution in [0.2, 0.25) is 0 Å². The molecule has 17 heavy (non-hydrogen) atoms. The van der Waals surface area contributed by atoms with E-state index in [2.05, 4.69) is 6.58 Å². The van der Waals surface area contributed by atoms with Gasteiger partial charge in [-0.2, -0.15) is 0 Å². The van der Waals surface area contributed by atoms with Crippen LogP contribution in [0.4, 0.5) is 0 Å². The molecule has 0 aromatic carbocycles. The summed E-state index contributed by atoms with van der Waals surface area (Å²) in [7, 11) is 0. The van der Waals surface area contributed by atoms with Crippen molar-refractivity contribution in [3.05, 3.63) is 43.6 Å². The van der Waals surface area contributed by atoms with Crippen molar-refractivity contribution in [3.8, 4) is 0 Å². The summed E-state index contributed by atoms with van der Waals surface area (Å²) in [5.74, 6) is -0.612. The molecule has 0 amide bonds. The number of ether oxygens (including phenoxy) is 1. The number of aromatic nitrogens is 3. The first-order chi connectivity index (χ1) is 7.91. The summed E-state index contributed by atoms with van der Waals surface area (Å²) in [6, 6.07) is 0. The van der Waals surface area contributed by atoms with Crippen LogP contribution in [0.5, 0.6) is 0 Å². The fourth-order valence-electron chi connectivity index (χ4n) is 1.01. The lowest BCUT2D eigenvalue weighted by Crippen LogP contribution is -2.44. The molecule has 0 radical (unpaired) electrons. The van der Waals surface area contributed by atoms with Gasteiger partial charge in [0, 0.05) is 5.57 Å². The van der Waals surface area contributed by atoms with Crippen LogP contribution in [-0.2, 0) is 16.1 Å². The second-order valence-corrected chi connectivity index (χ2v) is 3.26. The van der Waals surface area contributed by atoms with Gasteiger partial charge < -0.3 is 4.74 Å². The highest BCUT2D eigenvalue weighted by Gasteiger charge is 2.05. The van der Waals surface area contributed by atoms with Crippen molar-refractivity contribution < 1.29 is 9.53 Å². The minimum Gasteiger partial charge on any atom is -0.460 e. The van der Waals surface area contributed by atoms with E-state index in [-0.39, 0.29) is 18.7 Å². The van der Waals surface area contributed by atoms with E-state index in [1.165, 1.54) is 6.92 Å². The average Bonchev–Trinajstić information content (AvgIpc) is 2.21. The Morgan fingerprint density at radius 3 is 2.29 bits per heavy atom. The Morgan fingerprint density at radius 2 is 1.82 bits per heavy atom. The Labute approximate surface area is 94.6 Å². The molecule has 0 saturated carbocycles. The molecule has 2 N–H and O–H groups in total. The van der Waals surface area contributed by atoms with Crippen molar-refractivity contribution >= 4 is 5.97 Å². The lowest BCUT2D eigenvalue weighted by molar-refractivity contribution is -0.139. The van der Waals surface area contributed by atoms with Gasteiger partial charge in [0.05, 0.1) is 6.54 Å². The third-order valence-corrected chi connectivity index (χ3v) is 1.83. The lowest BCUT2D eigenvalue weighted by atomic mass is 10.4. The zero-order chi connectivity index (χ0) is 13.0. The molecule has 0 unspecified atom stereocenters. The number of hydrogen-bond acceptors (Lipinski definition) is 5. The van der Waals surface area contributed by atoms with Crippen LogP contribution in [-0.4, -0.2) is 27.1 Å². The number of nitrogens with zero attached hydrogens (tertiary/aromatic N) is 1. The first kappa shape index (κ1) is 12.7. The molecule has 0 fully saturated rings. The molecule has 92 valence electrons. The molecule has 0 spiro atoms. The maximum absolute atomic E-state index is 11.2. The molecular weight excluding hydrogens is 230 g/mol. The maximum atomic E-state index is 11.2. The van der Waals surface area contributed by atoms with Gasteiger partial charge in [-0.25, -0.2) is 23.7 Å². The highest BCUT2D eigenvalue weighted by molar-refractivity contribution is 5.86. The minimum absolute atomic E-state index is 0.149. The predicted molar refractivity (Wildman–Crippen MR) is 57.7 cm³/mol. The monoisotopic (exact) mass is 241 g/mol. The summed E-state index contributed by atoms with van der Waals surface area (Å²) < 4.78 is 5.42. The van der Waals surface area contributed by atoms with Gasteiger partial charge in [0.15, 0.2) is 0 Å². The van der Waals surface area contributed by atoms with E-state index >= 15 is 0 Å². The Bertz CT molecular complexity index is 572. The third kappa shape index (κ3) is 3.30. The van der Waals surface area contributed by atoms with Gasteiger partial charge >= 0.3 is 23.0 Å². The summed E-state index contributed by atoms with van der Waals surface area (Å²) in [5.41, 5.74) is -2.38.